The molecule has 1 heterocycles. The Bertz CT molecular complexity index is 1150. The number of carbonyl (C=O) groups excluding carboxylic acids is 1. The maximum absolute atomic E-state index is 13.5. The molecule has 9 nitrogen and oxygen atoms in total. The quantitative estimate of drug-likeness (QED) is 0.367. The van der Waals surface area contributed by atoms with Crippen LogP contribution in [0.15, 0.2) is 57.8 Å². The average Bonchev–Trinajstić information content (AvgIpc) is 3.25. The van der Waals surface area contributed by atoms with Gasteiger partial charge in [0.25, 0.3) is 10.0 Å². The van der Waals surface area contributed by atoms with Gasteiger partial charge in [0.1, 0.15) is 18.0 Å². The summed E-state index contributed by atoms with van der Waals surface area (Å²) in [6.45, 7) is -0.505. The van der Waals surface area contributed by atoms with Crippen molar-refractivity contribution in [3.63, 3.8) is 0 Å². The first-order valence-electron chi connectivity index (χ1n) is 8.86. The number of thioether (sulfide) groups is 1. The first kappa shape index (κ1) is 22.8. The van der Waals surface area contributed by atoms with Crippen LogP contribution >= 0.6 is 23.1 Å². The number of rotatable bonds is 9. The zero-order valence-electron chi connectivity index (χ0n) is 16.9. The Kier molecular flexibility index (Phi) is 7.36. The predicted octanol–water partition coefficient (Wildman–Crippen LogP) is 3.11. The molecule has 0 aliphatic carbocycles. The van der Waals surface area contributed by atoms with Gasteiger partial charge in [0.15, 0.2) is 4.34 Å². The van der Waals surface area contributed by atoms with E-state index < -0.39 is 22.5 Å². The first-order valence-corrected chi connectivity index (χ1v) is 12.3. The van der Waals surface area contributed by atoms with Crippen molar-refractivity contribution in [2.45, 2.75) is 9.24 Å². The number of hydrogen-bond donors (Lipinski definition) is 1. The first-order chi connectivity index (χ1) is 14.9. The van der Waals surface area contributed by atoms with Gasteiger partial charge < -0.3 is 9.47 Å². The fourth-order valence-corrected chi connectivity index (χ4v) is 5.27. The molecule has 0 aliphatic rings. The van der Waals surface area contributed by atoms with E-state index in [4.69, 9.17) is 9.47 Å². The summed E-state index contributed by atoms with van der Waals surface area (Å²) in [5.41, 5.74) is 0.169. The Balaban J connectivity index is 2.02. The number of amides is 1. The van der Waals surface area contributed by atoms with Gasteiger partial charge >= 0.3 is 0 Å². The molecule has 0 spiro atoms. The van der Waals surface area contributed by atoms with Crippen LogP contribution in [0, 0.1) is 0 Å². The van der Waals surface area contributed by atoms with E-state index in [2.05, 4.69) is 15.5 Å². The lowest BCUT2D eigenvalue weighted by Gasteiger charge is -2.25. The summed E-state index contributed by atoms with van der Waals surface area (Å²) in [6, 6.07) is 12.6. The molecule has 0 unspecified atom stereocenters. The van der Waals surface area contributed by atoms with Crippen LogP contribution in [-0.2, 0) is 14.8 Å². The van der Waals surface area contributed by atoms with Crippen LogP contribution in [0.4, 0.5) is 10.8 Å². The molecule has 0 bridgehead atoms. The fourth-order valence-electron chi connectivity index (χ4n) is 2.64. The van der Waals surface area contributed by atoms with Crippen molar-refractivity contribution in [2.75, 3.05) is 36.6 Å². The lowest BCUT2D eigenvalue weighted by atomic mass is 10.2. The summed E-state index contributed by atoms with van der Waals surface area (Å²) < 4.78 is 39.2. The van der Waals surface area contributed by atoms with Crippen LogP contribution in [0.1, 0.15) is 0 Å². The molecule has 0 fully saturated rings. The summed E-state index contributed by atoms with van der Waals surface area (Å²) in [7, 11) is -1.21. The number of ether oxygens (including phenoxy) is 2. The predicted molar refractivity (Wildman–Crippen MR) is 121 cm³/mol. The molecule has 0 aliphatic heterocycles. The third-order valence-corrected chi connectivity index (χ3v) is 7.69. The Morgan fingerprint density at radius 2 is 1.87 bits per heavy atom. The molecule has 12 heteroatoms. The van der Waals surface area contributed by atoms with Crippen LogP contribution in [0.2, 0.25) is 0 Å². The highest BCUT2D eigenvalue weighted by Crippen LogP contribution is 2.35. The zero-order chi connectivity index (χ0) is 22.4. The second-order valence-electron chi connectivity index (χ2n) is 5.99. The van der Waals surface area contributed by atoms with E-state index in [1.807, 2.05) is 6.26 Å². The Hall–Kier alpha value is -2.83. The lowest BCUT2D eigenvalue weighted by molar-refractivity contribution is -0.114. The van der Waals surface area contributed by atoms with Gasteiger partial charge in [-0.1, -0.05) is 41.3 Å². The van der Waals surface area contributed by atoms with Crippen LogP contribution in [-0.4, -0.2) is 51.5 Å². The van der Waals surface area contributed by atoms with Crippen molar-refractivity contribution in [2.24, 2.45) is 0 Å². The molecular formula is C19H20N4O5S3. The maximum atomic E-state index is 13.5. The van der Waals surface area contributed by atoms with Crippen LogP contribution < -0.4 is 19.1 Å². The molecule has 0 saturated heterocycles. The van der Waals surface area contributed by atoms with Crippen LogP contribution in [0.5, 0.6) is 11.5 Å². The van der Waals surface area contributed by atoms with Gasteiger partial charge in [-0.05, 0) is 30.5 Å². The summed E-state index contributed by atoms with van der Waals surface area (Å²) >= 11 is 2.59. The minimum absolute atomic E-state index is 0.0354. The summed E-state index contributed by atoms with van der Waals surface area (Å²) in [5, 5.41) is 10.7. The van der Waals surface area contributed by atoms with E-state index in [9.17, 15) is 13.2 Å². The van der Waals surface area contributed by atoms with E-state index in [1.165, 1.54) is 55.5 Å². The Morgan fingerprint density at radius 3 is 2.48 bits per heavy atom. The van der Waals surface area contributed by atoms with Crippen molar-refractivity contribution in [3.8, 4) is 11.5 Å². The Labute approximate surface area is 188 Å². The van der Waals surface area contributed by atoms with Gasteiger partial charge in [-0.2, -0.15) is 0 Å². The minimum Gasteiger partial charge on any atom is -0.497 e. The van der Waals surface area contributed by atoms with Gasteiger partial charge in [-0.15, -0.1) is 10.2 Å². The number of hydrogen-bond acceptors (Lipinski definition) is 9. The molecule has 1 N–H and O–H groups in total. The van der Waals surface area contributed by atoms with Gasteiger partial charge in [-0.3, -0.25) is 14.4 Å². The molecule has 0 radical (unpaired) electrons. The third kappa shape index (κ3) is 5.27. The molecule has 1 amide bonds. The summed E-state index contributed by atoms with van der Waals surface area (Å²) in [6.07, 6.45) is 1.84. The number of benzene rings is 2. The molecule has 0 saturated carbocycles. The lowest BCUT2D eigenvalue weighted by Crippen LogP contribution is -2.38. The van der Waals surface area contributed by atoms with Crippen LogP contribution in [0.25, 0.3) is 0 Å². The maximum Gasteiger partial charge on any atom is 0.264 e. The van der Waals surface area contributed by atoms with Crippen molar-refractivity contribution < 1.29 is 22.7 Å². The number of carbonyl (C=O) groups is 1. The molecule has 0 atom stereocenters. The number of sulfonamides is 1. The molecule has 2 aromatic carbocycles. The van der Waals surface area contributed by atoms with E-state index in [-0.39, 0.29) is 21.5 Å². The number of nitrogens with one attached hydrogen (secondary N) is 1. The van der Waals surface area contributed by atoms with Gasteiger partial charge in [0.05, 0.1) is 24.8 Å². The number of nitrogens with zero attached hydrogens (tertiary/aromatic N) is 3. The third-order valence-electron chi connectivity index (χ3n) is 4.10. The molecule has 3 aromatic rings. The SMILES string of the molecule is COc1ccc(OC)c(N(CC(=O)Nc2nnc(SC)s2)S(=O)(=O)c2ccccc2)c1. The second-order valence-corrected chi connectivity index (χ2v) is 9.88. The van der Waals surface area contributed by atoms with Crippen molar-refractivity contribution in [1.82, 2.24) is 10.2 Å². The van der Waals surface area contributed by atoms with Crippen molar-refractivity contribution in [3.05, 3.63) is 48.5 Å². The van der Waals surface area contributed by atoms with Gasteiger partial charge in [-0.25, -0.2) is 8.42 Å². The summed E-state index contributed by atoms with van der Waals surface area (Å²) in [4.78, 5) is 12.8. The number of methoxy groups -OCH3 is 2. The van der Waals surface area contributed by atoms with Crippen LogP contribution in [0.3, 0.4) is 0 Å². The largest absolute Gasteiger partial charge is 0.497 e. The monoisotopic (exact) mass is 480 g/mol. The average molecular weight is 481 g/mol. The van der Waals surface area contributed by atoms with E-state index in [1.54, 1.807) is 30.3 Å². The Morgan fingerprint density at radius 1 is 1.13 bits per heavy atom. The minimum atomic E-state index is -4.10. The highest BCUT2D eigenvalue weighted by atomic mass is 32.2. The normalized spacial score (nSPS) is 11.1. The second kappa shape index (κ2) is 9.98. The van der Waals surface area contributed by atoms with Crippen molar-refractivity contribution >= 4 is 49.8 Å². The number of aromatic nitrogens is 2. The highest BCUT2D eigenvalue weighted by molar-refractivity contribution is 8.00. The molecule has 164 valence electrons. The topological polar surface area (TPSA) is 111 Å². The van der Waals surface area contributed by atoms with E-state index >= 15 is 0 Å². The highest BCUT2D eigenvalue weighted by Gasteiger charge is 2.30. The molecular weight excluding hydrogens is 460 g/mol. The van der Waals surface area contributed by atoms with Gasteiger partial charge in [0.2, 0.25) is 11.0 Å². The van der Waals surface area contributed by atoms with E-state index in [0.29, 0.717) is 10.1 Å². The molecule has 3 rings (SSSR count). The zero-order valence-corrected chi connectivity index (χ0v) is 19.4. The van der Waals surface area contributed by atoms with E-state index in [0.717, 1.165) is 4.31 Å². The van der Waals surface area contributed by atoms with Crippen molar-refractivity contribution in [1.29, 1.82) is 0 Å². The van der Waals surface area contributed by atoms with Gasteiger partial charge in [0, 0.05) is 6.07 Å². The standard InChI is InChI=1S/C19H20N4O5S3/c1-27-13-9-10-16(28-2)15(11-13)23(31(25,26)14-7-5-4-6-8-14)12-17(24)20-18-21-22-19(29-3)30-18/h4-11H,12H2,1-3H3,(H,20,21,24). The molecule has 31 heavy (non-hydrogen) atoms. The smallest absolute Gasteiger partial charge is 0.264 e. The molecule has 1 aromatic heterocycles. The fraction of sp³-hybridized carbons (Fsp3) is 0.211. The summed E-state index contributed by atoms with van der Waals surface area (Å²) in [5.74, 6) is 0.111. The number of anilines is 2.